The highest BCUT2D eigenvalue weighted by molar-refractivity contribution is 6.04. The Morgan fingerprint density at radius 1 is 0.776 bits per heavy atom. The van der Waals surface area contributed by atoms with Crippen LogP contribution >= 0.6 is 0 Å². The number of likely N-dealkylation sites (N-methyl/N-ethyl adjacent to an activating group) is 2. The van der Waals surface area contributed by atoms with Gasteiger partial charge in [-0.3, -0.25) is 33.7 Å². The van der Waals surface area contributed by atoms with Crippen molar-refractivity contribution in [1.82, 2.24) is 30.2 Å². The van der Waals surface area contributed by atoms with Gasteiger partial charge in [-0.25, -0.2) is 0 Å². The van der Waals surface area contributed by atoms with Crippen molar-refractivity contribution in [2.75, 3.05) is 34.2 Å². The lowest BCUT2D eigenvalue weighted by Crippen LogP contribution is -2.58. The Balaban J connectivity index is 1.68. The molecule has 2 aliphatic rings. The zero-order valence-corrected chi connectivity index (χ0v) is 30.9. The number of Topliss-reactive ketones (excluding diaryl/α,β-unsaturated/α-hetero) is 1. The highest BCUT2D eigenvalue weighted by Gasteiger charge is 2.43. The third-order valence-electron chi connectivity index (χ3n) is 9.74. The molecule has 272 valence electrons. The fourth-order valence-electron chi connectivity index (χ4n) is 7.35. The lowest BCUT2D eigenvalue weighted by molar-refractivity contribution is -0.149. The summed E-state index contributed by atoms with van der Waals surface area (Å²) in [4.78, 5) is 87.7. The fourth-order valence-corrected chi connectivity index (χ4v) is 7.35. The van der Waals surface area contributed by atoms with Crippen LogP contribution in [0.15, 0.2) is 30.3 Å². The zero-order chi connectivity index (χ0) is 36.6. The van der Waals surface area contributed by atoms with E-state index >= 15 is 0 Å². The quantitative estimate of drug-likeness (QED) is 0.271. The van der Waals surface area contributed by atoms with Crippen molar-refractivity contribution in [2.45, 2.75) is 110 Å². The maximum absolute atomic E-state index is 13.8. The minimum absolute atomic E-state index is 0.0149. The first-order chi connectivity index (χ1) is 23.1. The molecule has 12 nitrogen and oxygen atoms in total. The monoisotopic (exact) mass is 682 g/mol. The smallest absolute Gasteiger partial charge is 0.246 e. The number of nitrogens with zero attached hydrogens (tertiary/aromatic N) is 4. The molecule has 0 aromatic heterocycles. The molecule has 12 heteroatoms. The summed E-state index contributed by atoms with van der Waals surface area (Å²) in [6, 6.07) is 6.01. The number of hydrogen-bond acceptors (Lipinski definition) is 7. The molecule has 2 N–H and O–H groups in total. The molecular weight excluding hydrogens is 624 g/mol. The van der Waals surface area contributed by atoms with Crippen molar-refractivity contribution >= 4 is 35.3 Å². The number of carbonyl (C=O) groups is 6. The van der Waals surface area contributed by atoms with Gasteiger partial charge in [-0.15, -0.1) is 0 Å². The molecule has 3 rings (SSSR count). The second-order valence-corrected chi connectivity index (χ2v) is 14.8. The number of hydrogen-bond donors (Lipinski definition) is 2. The van der Waals surface area contributed by atoms with Crippen LogP contribution in [-0.4, -0.2) is 119 Å². The van der Waals surface area contributed by atoms with E-state index in [1.807, 2.05) is 90.9 Å². The Bertz CT molecular complexity index is 1320. The van der Waals surface area contributed by atoms with Crippen LogP contribution in [0.5, 0.6) is 0 Å². The Hall–Kier alpha value is -3.80. The van der Waals surface area contributed by atoms with E-state index in [-0.39, 0.29) is 35.5 Å². The van der Waals surface area contributed by atoms with Crippen LogP contribution in [0.2, 0.25) is 0 Å². The lowest BCUT2D eigenvalue weighted by Gasteiger charge is -2.36. The maximum Gasteiger partial charge on any atom is 0.246 e. The highest BCUT2D eigenvalue weighted by Crippen LogP contribution is 2.26. The first kappa shape index (κ1) is 39.6. The average molecular weight is 683 g/mol. The van der Waals surface area contributed by atoms with Gasteiger partial charge < -0.3 is 25.3 Å². The van der Waals surface area contributed by atoms with Gasteiger partial charge in [0.2, 0.25) is 29.5 Å². The van der Waals surface area contributed by atoms with Crippen LogP contribution in [0.25, 0.3) is 0 Å². The summed E-state index contributed by atoms with van der Waals surface area (Å²) in [6.45, 7) is 12.3. The number of benzene rings is 1. The third kappa shape index (κ3) is 9.89. The predicted molar refractivity (Wildman–Crippen MR) is 188 cm³/mol. The summed E-state index contributed by atoms with van der Waals surface area (Å²) < 4.78 is 0. The molecule has 0 bridgehead atoms. The molecule has 2 aliphatic heterocycles. The van der Waals surface area contributed by atoms with E-state index < -0.39 is 54.2 Å². The van der Waals surface area contributed by atoms with Crippen molar-refractivity contribution in [3.8, 4) is 0 Å². The topological polar surface area (TPSA) is 139 Å². The summed E-state index contributed by atoms with van der Waals surface area (Å²) in [5, 5.41) is 5.87. The molecule has 0 saturated carbocycles. The van der Waals surface area contributed by atoms with E-state index in [0.717, 1.165) is 5.56 Å². The van der Waals surface area contributed by atoms with Crippen molar-refractivity contribution in [3.05, 3.63) is 35.9 Å². The van der Waals surface area contributed by atoms with Crippen LogP contribution in [0.1, 0.15) is 79.2 Å². The fraction of sp³-hybridized carbons (Fsp3) is 0.676. The number of amides is 5. The third-order valence-corrected chi connectivity index (χ3v) is 9.74. The second kappa shape index (κ2) is 17.7. The van der Waals surface area contributed by atoms with E-state index in [9.17, 15) is 28.8 Å². The normalized spacial score (nSPS) is 19.7. The van der Waals surface area contributed by atoms with Crippen molar-refractivity contribution < 1.29 is 28.8 Å². The number of ketones is 1. The Kier molecular flexibility index (Phi) is 14.3. The number of nitrogens with one attached hydrogen (secondary N) is 2. The van der Waals surface area contributed by atoms with Gasteiger partial charge in [0, 0.05) is 26.7 Å². The van der Waals surface area contributed by atoms with Crippen molar-refractivity contribution in [2.24, 2.45) is 17.8 Å². The standard InChI is InChI=1S/C37H58N6O6/c1-23(2)31(39-35(47)33(25(5)6)40(7)8)37(49)41(9)32(24(3)4)29(44)21-30(45)42-19-14-18-28(42)36(48)43-20-13-17-27(43)34(46)38-22-26-15-11-10-12-16-26/h10-12,15-16,23-25,27-28,31-33H,13-14,17-22H2,1-9H3,(H,38,46)(H,39,47)/t27-,28-,31-,32-,33-/m0/s1. The molecular formula is C37H58N6O6. The Morgan fingerprint density at radius 3 is 1.90 bits per heavy atom. The zero-order valence-electron chi connectivity index (χ0n) is 30.9. The lowest BCUT2D eigenvalue weighted by atomic mass is 9.93. The Labute approximate surface area is 292 Å². The molecule has 0 spiro atoms. The van der Waals surface area contributed by atoms with Gasteiger partial charge in [-0.1, -0.05) is 71.9 Å². The van der Waals surface area contributed by atoms with Crippen LogP contribution in [0.3, 0.4) is 0 Å². The summed E-state index contributed by atoms with van der Waals surface area (Å²) in [6.07, 6.45) is 1.85. The van der Waals surface area contributed by atoms with Gasteiger partial charge in [0.25, 0.3) is 0 Å². The minimum Gasteiger partial charge on any atom is -0.350 e. The van der Waals surface area contributed by atoms with E-state index in [1.165, 1.54) is 9.80 Å². The van der Waals surface area contributed by atoms with Crippen LogP contribution in [-0.2, 0) is 35.3 Å². The van der Waals surface area contributed by atoms with Crippen molar-refractivity contribution in [1.29, 1.82) is 0 Å². The van der Waals surface area contributed by atoms with E-state index in [0.29, 0.717) is 45.3 Å². The van der Waals surface area contributed by atoms with Crippen molar-refractivity contribution in [3.63, 3.8) is 0 Å². The molecule has 2 heterocycles. The summed E-state index contributed by atoms with van der Waals surface area (Å²) in [7, 11) is 5.18. The molecule has 1 aromatic rings. The maximum atomic E-state index is 13.8. The highest BCUT2D eigenvalue weighted by atomic mass is 16.2. The number of likely N-dealkylation sites (tertiary alicyclic amines) is 2. The summed E-state index contributed by atoms with van der Waals surface area (Å²) >= 11 is 0. The molecule has 1 aromatic carbocycles. The SMILES string of the molecule is CC(C)[C@H](NC(=O)[C@H](C(C)C)N(C)C)C(=O)N(C)[C@H](C(=O)CC(=O)N1CCC[C@H]1C(=O)N1CCC[C@H]1C(=O)NCc1ccccc1)C(C)C. The van der Waals surface area contributed by atoms with Gasteiger partial charge in [0.1, 0.15) is 18.1 Å². The largest absolute Gasteiger partial charge is 0.350 e. The minimum atomic E-state index is -0.905. The summed E-state index contributed by atoms with van der Waals surface area (Å²) in [5.41, 5.74) is 0.963. The van der Waals surface area contributed by atoms with E-state index in [2.05, 4.69) is 10.6 Å². The van der Waals surface area contributed by atoms with Gasteiger partial charge in [0.15, 0.2) is 5.78 Å². The van der Waals surface area contributed by atoms with Gasteiger partial charge in [0.05, 0.1) is 18.5 Å². The second-order valence-electron chi connectivity index (χ2n) is 14.8. The molecule has 2 fully saturated rings. The van der Waals surface area contributed by atoms with Crippen LogP contribution < -0.4 is 10.6 Å². The Morgan fingerprint density at radius 2 is 1.35 bits per heavy atom. The molecule has 5 amide bonds. The molecule has 0 unspecified atom stereocenters. The van der Waals surface area contributed by atoms with Gasteiger partial charge >= 0.3 is 0 Å². The van der Waals surface area contributed by atoms with Crippen LogP contribution in [0.4, 0.5) is 0 Å². The van der Waals surface area contributed by atoms with Crippen LogP contribution in [0, 0.1) is 17.8 Å². The first-order valence-corrected chi connectivity index (χ1v) is 17.7. The first-order valence-electron chi connectivity index (χ1n) is 17.7. The number of carbonyl (C=O) groups excluding carboxylic acids is 6. The molecule has 49 heavy (non-hydrogen) atoms. The van der Waals surface area contributed by atoms with Gasteiger partial charge in [-0.2, -0.15) is 0 Å². The molecule has 0 radical (unpaired) electrons. The molecule has 2 saturated heterocycles. The number of rotatable bonds is 15. The molecule has 5 atom stereocenters. The van der Waals surface area contributed by atoms with Gasteiger partial charge in [-0.05, 0) is 63.1 Å². The van der Waals surface area contributed by atoms with E-state index in [1.54, 1.807) is 11.9 Å². The predicted octanol–water partition coefficient (Wildman–Crippen LogP) is 2.45. The molecule has 0 aliphatic carbocycles. The average Bonchev–Trinajstić information content (AvgIpc) is 3.72. The summed E-state index contributed by atoms with van der Waals surface area (Å²) in [5.74, 6) is -2.57. The van der Waals surface area contributed by atoms with E-state index in [4.69, 9.17) is 0 Å².